The Morgan fingerprint density at radius 3 is 2.50 bits per heavy atom. The number of thiol groups is 1. The summed E-state index contributed by atoms with van der Waals surface area (Å²) in [5, 5.41) is 0.773. The van der Waals surface area contributed by atoms with Gasteiger partial charge in [0.25, 0.3) is 5.22 Å². The summed E-state index contributed by atoms with van der Waals surface area (Å²) in [6.07, 6.45) is 0. The van der Waals surface area contributed by atoms with E-state index in [0.717, 1.165) is 28.2 Å². The molecule has 0 unspecified atom stereocenters. The summed E-state index contributed by atoms with van der Waals surface area (Å²) < 4.78 is 5.48. The largest absolute Gasteiger partial charge is 0.437 e. The molecular formula is C10H17NOS2. The van der Waals surface area contributed by atoms with Gasteiger partial charge in [-0.1, -0.05) is 25.6 Å². The first kappa shape index (κ1) is 12.0. The fourth-order valence-electron chi connectivity index (χ4n) is 0.808. The third-order valence-corrected chi connectivity index (χ3v) is 4.23. The fourth-order valence-corrected chi connectivity index (χ4v) is 2.07. The Hall–Kier alpha value is -0.0900. The third-order valence-electron chi connectivity index (χ3n) is 2.02. The molecule has 0 bridgehead atoms. The van der Waals surface area contributed by atoms with Crippen LogP contribution in [0.1, 0.15) is 25.3 Å². The van der Waals surface area contributed by atoms with Gasteiger partial charge in [0.15, 0.2) is 0 Å². The molecule has 0 atom stereocenters. The second kappa shape index (κ2) is 4.62. The highest BCUT2D eigenvalue weighted by Crippen LogP contribution is 2.28. The van der Waals surface area contributed by atoms with Gasteiger partial charge < -0.3 is 4.42 Å². The third kappa shape index (κ3) is 3.24. The summed E-state index contributed by atoms with van der Waals surface area (Å²) >= 11 is 5.97. The van der Waals surface area contributed by atoms with Crippen molar-refractivity contribution < 1.29 is 4.42 Å². The van der Waals surface area contributed by atoms with Gasteiger partial charge in [0.2, 0.25) is 0 Å². The van der Waals surface area contributed by atoms with Crippen LogP contribution in [0.25, 0.3) is 0 Å². The molecule has 0 saturated heterocycles. The average Bonchev–Trinajstić information content (AvgIpc) is 2.44. The zero-order valence-electron chi connectivity index (χ0n) is 9.13. The first-order chi connectivity index (χ1) is 6.44. The highest BCUT2D eigenvalue weighted by atomic mass is 32.2. The number of aromatic nitrogens is 1. The van der Waals surface area contributed by atoms with E-state index in [4.69, 9.17) is 4.42 Å². The Kier molecular flexibility index (Phi) is 3.95. The molecule has 0 aromatic carbocycles. The molecule has 0 spiro atoms. The Morgan fingerprint density at radius 2 is 2.07 bits per heavy atom. The maximum atomic E-state index is 5.48. The van der Waals surface area contributed by atoms with Gasteiger partial charge in [0, 0.05) is 5.75 Å². The van der Waals surface area contributed by atoms with E-state index >= 15 is 0 Å². The molecule has 0 aliphatic heterocycles. The van der Waals surface area contributed by atoms with E-state index in [-0.39, 0.29) is 5.41 Å². The van der Waals surface area contributed by atoms with Gasteiger partial charge in [0.1, 0.15) is 5.76 Å². The van der Waals surface area contributed by atoms with Gasteiger partial charge in [0.05, 0.1) is 5.69 Å². The molecule has 1 aromatic rings. The first-order valence-electron chi connectivity index (χ1n) is 4.62. The number of nitrogens with zero attached hydrogens (tertiary/aromatic N) is 1. The Bertz CT molecular complexity index is 288. The van der Waals surface area contributed by atoms with Gasteiger partial charge in [-0.15, -0.1) is 0 Å². The van der Waals surface area contributed by atoms with Crippen LogP contribution in [0.5, 0.6) is 0 Å². The molecule has 1 rings (SSSR count). The number of hydrogen-bond donors (Lipinski definition) is 1. The molecule has 0 radical (unpaired) electrons. The number of hydrogen-bond acceptors (Lipinski definition) is 4. The smallest absolute Gasteiger partial charge is 0.256 e. The van der Waals surface area contributed by atoms with E-state index in [2.05, 4.69) is 31.5 Å². The Balaban J connectivity index is 2.54. The van der Waals surface area contributed by atoms with Crippen molar-refractivity contribution >= 4 is 24.4 Å². The second-order valence-corrected chi connectivity index (χ2v) is 5.48. The van der Waals surface area contributed by atoms with E-state index in [1.807, 2.05) is 13.8 Å². The molecule has 80 valence electrons. The second-order valence-electron chi connectivity index (χ2n) is 4.23. The van der Waals surface area contributed by atoms with E-state index in [1.54, 1.807) is 11.8 Å². The predicted molar refractivity (Wildman–Crippen MR) is 64.3 cm³/mol. The van der Waals surface area contributed by atoms with Crippen LogP contribution in [0.4, 0.5) is 0 Å². The van der Waals surface area contributed by atoms with Crippen molar-refractivity contribution in [2.24, 2.45) is 5.41 Å². The normalized spacial score (nSPS) is 12.1. The fraction of sp³-hybridized carbons (Fsp3) is 0.700. The van der Waals surface area contributed by atoms with Crippen LogP contribution in [0.3, 0.4) is 0 Å². The molecule has 0 aliphatic rings. The maximum absolute atomic E-state index is 5.48. The van der Waals surface area contributed by atoms with Crippen molar-refractivity contribution in [1.82, 2.24) is 4.98 Å². The molecule has 1 heterocycles. The molecule has 14 heavy (non-hydrogen) atoms. The summed E-state index contributed by atoms with van der Waals surface area (Å²) in [5.41, 5.74) is 1.21. The number of aryl methyl sites for hydroxylation is 2. The summed E-state index contributed by atoms with van der Waals surface area (Å²) in [6, 6.07) is 0. The van der Waals surface area contributed by atoms with Gasteiger partial charge >= 0.3 is 0 Å². The number of oxazole rings is 1. The van der Waals surface area contributed by atoms with E-state index in [1.165, 1.54) is 0 Å². The lowest BCUT2D eigenvalue weighted by Crippen LogP contribution is -2.16. The molecule has 0 aliphatic carbocycles. The standard InChI is InChI=1S/C10H17NOS2/c1-7-8(2)12-9(11-7)14-6-10(3,4)5-13/h13H,5-6H2,1-4H3. The van der Waals surface area contributed by atoms with Crippen molar-refractivity contribution in [1.29, 1.82) is 0 Å². The molecule has 1 aromatic heterocycles. The Labute approximate surface area is 95.3 Å². The molecule has 0 N–H and O–H groups in total. The maximum Gasteiger partial charge on any atom is 0.256 e. The van der Waals surface area contributed by atoms with E-state index in [0.29, 0.717) is 0 Å². The van der Waals surface area contributed by atoms with Gasteiger partial charge in [-0.2, -0.15) is 12.6 Å². The van der Waals surface area contributed by atoms with E-state index < -0.39 is 0 Å². The minimum absolute atomic E-state index is 0.226. The van der Waals surface area contributed by atoms with Crippen LogP contribution in [0, 0.1) is 19.3 Å². The van der Waals surface area contributed by atoms with Crippen molar-refractivity contribution in [2.45, 2.75) is 32.9 Å². The molecule has 0 fully saturated rings. The summed E-state index contributed by atoms with van der Waals surface area (Å²) in [5.74, 6) is 2.77. The summed E-state index contributed by atoms with van der Waals surface area (Å²) in [6.45, 7) is 8.29. The highest BCUT2D eigenvalue weighted by Gasteiger charge is 2.17. The van der Waals surface area contributed by atoms with Crippen LogP contribution >= 0.6 is 24.4 Å². The van der Waals surface area contributed by atoms with Crippen molar-refractivity contribution in [3.05, 3.63) is 11.5 Å². The highest BCUT2D eigenvalue weighted by molar-refractivity contribution is 7.99. The lowest BCUT2D eigenvalue weighted by atomic mass is 10.0. The van der Waals surface area contributed by atoms with Crippen LogP contribution in [0.2, 0.25) is 0 Å². The van der Waals surface area contributed by atoms with Crippen molar-refractivity contribution in [3.63, 3.8) is 0 Å². The lowest BCUT2D eigenvalue weighted by molar-refractivity contribution is 0.426. The SMILES string of the molecule is Cc1nc(SCC(C)(C)CS)oc1C. The van der Waals surface area contributed by atoms with Gasteiger partial charge in [-0.3, -0.25) is 0 Å². The van der Waals surface area contributed by atoms with E-state index in [9.17, 15) is 0 Å². The average molecular weight is 231 g/mol. The topological polar surface area (TPSA) is 26.0 Å². The molecule has 2 nitrogen and oxygen atoms in total. The zero-order valence-corrected chi connectivity index (χ0v) is 10.8. The minimum Gasteiger partial charge on any atom is -0.437 e. The van der Waals surface area contributed by atoms with Crippen molar-refractivity contribution in [3.8, 4) is 0 Å². The monoisotopic (exact) mass is 231 g/mol. The molecule has 4 heteroatoms. The molecule has 0 saturated carbocycles. The summed E-state index contributed by atoms with van der Waals surface area (Å²) in [7, 11) is 0. The molecule has 0 amide bonds. The van der Waals surface area contributed by atoms with Gasteiger partial charge in [-0.05, 0) is 25.0 Å². The zero-order chi connectivity index (χ0) is 10.8. The quantitative estimate of drug-likeness (QED) is 0.636. The van der Waals surface area contributed by atoms with Crippen LogP contribution < -0.4 is 0 Å². The first-order valence-corrected chi connectivity index (χ1v) is 6.24. The van der Waals surface area contributed by atoms with Crippen LogP contribution in [0.15, 0.2) is 9.64 Å². The van der Waals surface area contributed by atoms with Gasteiger partial charge in [-0.25, -0.2) is 4.98 Å². The Morgan fingerprint density at radius 1 is 1.43 bits per heavy atom. The van der Waals surface area contributed by atoms with Crippen molar-refractivity contribution in [2.75, 3.05) is 11.5 Å². The predicted octanol–water partition coefficient (Wildman–Crippen LogP) is 3.34. The molecular weight excluding hydrogens is 214 g/mol. The summed E-state index contributed by atoms with van der Waals surface area (Å²) in [4.78, 5) is 4.32. The lowest BCUT2D eigenvalue weighted by Gasteiger charge is -2.19. The number of thioether (sulfide) groups is 1. The van der Waals surface area contributed by atoms with Crippen LogP contribution in [-0.2, 0) is 0 Å². The minimum atomic E-state index is 0.226. The van der Waals surface area contributed by atoms with Crippen LogP contribution in [-0.4, -0.2) is 16.5 Å². The number of rotatable bonds is 4.